The van der Waals surface area contributed by atoms with Crippen molar-refractivity contribution >= 4 is 44.4 Å². The average molecular weight is 404 g/mol. The fourth-order valence-electron chi connectivity index (χ4n) is 3.96. The molecule has 0 radical (unpaired) electrons. The zero-order valence-electron chi connectivity index (χ0n) is 16.1. The molecule has 2 aromatic carbocycles. The minimum absolute atomic E-state index is 0.375. The smallest absolute Gasteiger partial charge is 0.346 e. The van der Waals surface area contributed by atoms with Gasteiger partial charge in [0.2, 0.25) is 0 Å². The molecule has 0 saturated heterocycles. The number of benzene rings is 2. The quantitative estimate of drug-likeness (QED) is 0.291. The molecule has 0 bridgehead atoms. The van der Waals surface area contributed by atoms with Crippen LogP contribution in [0.25, 0.3) is 38.5 Å². The lowest BCUT2D eigenvalue weighted by molar-refractivity contribution is 0.568. The van der Waals surface area contributed by atoms with Gasteiger partial charge in [0.1, 0.15) is 5.58 Å². The van der Waals surface area contributed by atoms with Crippen molar-refractivity contribution in [3.63, 3.8) is 0 Å². The summed E-state index contributed by atoms with van der Waals surface area (Å²) in [5.41, 5.74) is 3.31. The minimum atomic E-state index is -0.375. The monoisotopic (exact) mass is 403 g/mol. The lowest BCUT2D eigenvalue weighted by atomic mass is 10.0. The first kappa shape index (κ1) is 17.9. The molecule has 0 fully saturated rings. The normalized spacial score (nSPS) is 11.7. The van der Waals surface area contributed by atoms with Gasteiger partial charge >= 0.3 is 5.63 Å². The number of halogens is 1. The molecule has 0 spiro atoms. The highest BCUT2D eigenvalue weighted by atomic mass is 35.5. The van der Waals surface area contributed by atoms with Crippen molar-refractivity contribution in [1.82, 2.24) is 14.8 Å². The molecule has 5 rings (SSSR count). The summed E-state index contributed by atoms with van der Waals surface area (Å²) in [6, 6.07) is 15.2. The largest absolute Gasteiger partial charge is 0.422 e. The maximum absolute atomic E-state index is 12.9. The van der Waals surface area contributed by atoms with Gasteiger partial charge in [-0.15, -0.1) is 0 Å². The van der Waals surface area contributed by atoms with Crippen molar-refractivity contribution in [1.29, 1.82) is 0 Å². The molecule has 5 aromatic rings. The molecule has 6 heteroatoms. The highest BCUT2D eigenvalue weighted by molar-refractivity contribution is 6.32. The zero-order valence-corrected chi connectivity index (χ0v) is 16.8. The van der Waals surface area contributed by atoms with E-state index in [1.165, 1.54) is 0 Å². The Morgan fingerprint density at radius 3 is 2.62 bits per heavy atom. The van der Waals surface area contributed by atoms with Crippen LogP contribution in [-0.2, 0) is 6.42 Å². The van der Waals surface area contributed by atoms with E-state index in [-0.39, 0.29) is 5.63 Å². The van der Waals surface area contributed by atoms with Gasteiger partial charge < -0.3 is 4.42 Å². The summed E-state index contributed by atoms with van der Waals surface area (Å²) in [6.07, 6.45) is 1.53. The Labute approximate surface area is 171 Å². The summed E-state index contributed by atoms with van der Waals surface area (Å²) in [5.74, 6) is 0. The lowest BCUT2D eigenvalue weighted by Gasteiger charge is -2.10. The van der Waals surface area contributed by atoms with E-state index >= 15 is 0 Å². The number of nitrogens with zero attached hydrogens (tertiary/aromatic N) is 3. The standard InChI is InChI=1S/C23H18ClN3O2/c1-3-7-17-21-20(16-12-14(24)10-11-18(16)29-23(21)28)19-13(2)26-27(22(19)25-17)15-8-5-4-6-9-15/h4-6,8-12H,3,7H2,1-2H3. The number of pyridine rings is 1. The number of rotatable bonds is 3. The molecule has 0 amide bonds. The molecule has 0 N–H and O–H groups in total. The number of para-hydroxylation sites is 1. The van der Waals surface area contributed by atoms with Crippen LogP contribution in [0.4, 0.5) is 0 Å². The molecule has 0 saturated carbocycles. The summed E-state index contributed by atoms with van der Waals surface area (Å²) in [4.78, 5) is 17.8. The predicted molar refractivity (Wildman–Crippen MR) is 116 cm³/mol. The van der Waals surface area contributed by atoms with Crippen molar-refractivity contribution in [3.8, 4) is 5.69 Å². The van der Waals surface area contributed by atoms with Crippen molar-refractivity contribution in [2.75, 3.05) is 0 Å². The third-order valence-electron chi connectivity index (χ3n) is 5.17. The Kier molecular flexibility index (Phi) is 4.14. The molecular weight excluding hydrogens is 386 g/mol. The van der Waals surface area contributed by atoms with Crippen molar-refractivity contribution in [2.45, 2.75) is 26.7 Å². The van der Waals surface area contributed by atoms with Crippen LogP contribution in [-0.4, -0.2) is 14.8 Å². The first-order valence-electron chi connectivity index (χ1n) is 9.58. The Morgan fingerprint density at radius 2 is 1.86 bits per heavy atom. The second-order valence-electron chi connectivity index (χ2n) is 7.12. The van der Waals surface area contributed by atoms with Crippen LogP contribution >= 0.6 is 11.6 Å². The van der Waals surface area contributed by atoms with Crippen molar-refractivity contribution < 1.29 is 4.42 Å². The summed E-state index contributed by atoms with van der Waals surface area (Å²) in [7, 11) is 0. The van der Waals surface area contributed by atoms with E-state index in [0.717, 1.165) is 45.3 Å². The topological polar surface area (TPSA) is 60.9 Å². The second kappa shape index (κ2) is 6.71. The highest BCUT2D eigenvalue weighted by Crippen LogP contribution is 2.35. The molecule has 144 valence electrons. The Hall–Kier alpha value is -3.18. The second-order valence-corrected chi connectivity index (χ2v) is 7.56. The first-order valence-corrected chi connectivity index (χ1v) is 9.96. The summed E-state index contributed by atoms with van der Waals surface area (Å²) in [5, 5.41) is 8.32. The maximum atomic E-state index is 12.9. The zero-order chi connectivity index (χ0) is 20.1. The van der Waals surface area contributed by atoms with E-state index in [9.17, 15) is 4.79 Å². The van der Waals surface area contributed by atoms with E-state index in [4.69, 9.17) is 26.1 Å². The van der Waals surface area contributed by atoms with E-state index in [1.807, 2.05) is 48.0 Å². The highest BCUT2D eigenvalue weighted by Gasteiger charge is 2.21. The van der Waals surface area contributed by atoms with E-state index < -0.39 is 0 Å². The van der Waals surface area contributed by atoms with Gasteiger partial charge in [-0.3, -0.25) is 0 Å². The first-order chi connectivity index (χ1) is 14.1. The van der Waals surface area contributed by atoms with Crippen LogP contribution in [0.1, 0.15) is 24.7 Å². The molecular formula is C23H18ClN3O2. The molecule has 3 aromatic heterocycles. The predicted octanol–water partition coefficient (Wildman–Crippen LogP) is 5.59. The summed E-state index contributed by atoms with van der Waals surface area (Å²) >= 11 is 6.30. The fraction of sp³-hybridized carbons (Fsp3) is 0.174. The van der Waals surface area contributed by atoms with Gasteiger partial charge in [-0.2, -0.15) is 5.10 Å². The number of aromatic nitrogens is 3. The van der Waals surface area contributed by atoms with Gasteiger partial charge in [0, 0.05) is 15.8 Å². The fourth-order valence-corrected chi connectivity index (χ4v) is 4.13. The van der Waals surface area contributed by atoms with E-state index in [0.29, 0.717) is 22.4 Å². The van der Waals surface area contributed by atoms with Gasteiger partial charge in [0.05, 0.1) is 27.8 Å². The third kappa shape index (κ3) is 2.73. The Balaban J connectivity index is 2.06. The lowest BCUT2D eigenvalue weighted by Crippen LogP contribution is -2.07. The molecule has 0 atom stereocenters. The molecule has 3 heterocycles. The number of fused-ring (bicyclic) bond motifs is 5. The van der Waals surface area contributed by atoms with Gasteiger partial charge in [0.15, 0.2) is 5.65 Å². The van der Waals surface area contributed by atoms with Crippen LogP contribution in [0, 0.1) is 6.92 Å². The van der Waals surface area contributed by atoms with Crippen molar-refractivity contribution in [3.05, 3.63) is 75.4 Å². The van der Waals surface area contributed by atoms with Crippen LogP contribution in [0.15, 0.2) is 57.7 Å². The minimum Gasteiger partial charge on any atom is -0.422 e. The molecule has 5 nitrogen and oxygen atoms in total. The maximum Gasteiger partial charge on any atom is 0.346 e. The Morgan fingerprint density at radius 1 is 1.07 bits per heavy atom. The van der Waals surface area contributed by atoms with Crippen LogP contribution in [0.5, 0.6) is 0 Å². The van der Waals surface area contributed by atoms with Gasteiger partial charge in [-0.1, -0.05) is 43.1 Å². The number of hydrogen-bond acceptors (Lipinski definition) is 4. The SMILES string of the molecule is CCCc1nc2c(c(C)nn2-c2ccccc2)c2c1c(=O)oc1ccc(Cl)cc12. The van der Waals surface area contributed by atoms with Gasteiger partial charge in [0.25, 0.3) is 0 Å². The van der Waals surface area contributed by atoms with Crippen LogP contribution in [0.3, 0.4) is 0 Å². The molecule has 0 aliphatic carbocycles. The number of hydrogen-bond donors (Lipinski definition) is 0. The summed E-state index contributed by atoms with van der Waals surface area (Å²) in [6.45, 7) is 4.00. The summed E-state index contributed by atoms with van der Waals surface area (Å²) < 4.78 is 7.46. The van der Waals surface area contributed by atoms with Gasteiger partial charge in [-0.05, 0) is 43.7 Å². The third-order valence-corrected chi connectivity index (χ3v) is 5.41. The Bertz CT molecular complexity index is 1450. The van der Waals surface area contributed by atoms with Gasteiger partial charge in [-0.25, -0.2) is 14.5 Å². The molecule has 29 heavy (non-hydrogen) atoms. The van der Waals surface area contributed by atoms with E-state index in [1.54, 1.807) is 12.1 Å². The van der Waals surface area contributed by atoms with Crippen molar-refractivity contribution in [2.24, 2.45) is 0 Å². The van der Waals surface area contributed by atoms with Crippen LogP contribution < -0.4 is 5.63 Å². The van der Waals surface area contributed by atoms with E-state index in [2.05, 4.69) is 6.92 Å². The average Bonchev–Trinajstić information content (AvgIpc) is 3.05. The van der Waals surface area contributed by atoms with Crippen LogP contribution in [0.2, 0.25) is 5.02 Å². The molecule has 0 unspecified atom stereocenters. The molecule has 0 aliphatic rings. The molecule has 0 aliphatic heterocycles. The number of aryl methyl sites for hydroxylation is 2.